The Bertz CT molecular complexity index is 614. The van der Waals surface area contributed by atoms with Gasteiger partial charge in [-0.3, -0.25) is 4.79 Å². The molecule has 1 rings (SSSR count). The van der Waals surface area contributed by atoms with E-state index in [0.29, 0.717) is 43.8 Å². The van der Waals surface area contributed by atoms with Crippen molar-refractivity contribution in [3.63, 3.8) is 0 Å². The van der Waals surface area contributed by atoms with Crippen molar-refractivity contribution in [2.45, 2.75) is 26.4 Å². The summed E-state index contributed by atoms with van der Waals surface area (Å²) in [5, 5.41) is 6.45. The number of methoxy groups -OCH3 is 1. The fraction of sp³-hybridized carbons (Fsp3) is 0.600. The maximum absolute atomic E-state index is 11.8. The number of carbonyl (C=O) groups is 1. The average Bonchev–Trinajstić information content (AvgIpc) is 2.69. The molecule has 1 aromatic rings. The van der Waals surface area contributed by atoms with Crippen LogP contribution in [0.2, 0.25) is 0 Å². The van der Waals surface area contributed by atoms with Crippen LogP contribution in [0.5, 0.6) is 11.5 Å². The Morgan fingerprint density at radius 2 is 1.90 bits per heavy atom. The van der Waals surface area contributed by atoms with Crippen molar-refractivity contribution in [3.05, 3.63) is 24.3 Å². The molecule has 0 aliphatic rings. The summed E-state index contributed by atoms with van der Waals surface area (Å²) in [5.41, 5.74) is 0. The number of para-hydroxylation sites is 2. The van der Waals surface area contributed by atoms with Crippen molar-refractivity contribution in [1.82, 2.24) is 15.5 Å². The van der Waals surface area contributed by atoms with E-state index in [1.807, 2.05) is 38.1 Å². The van der Waals surface area contributed by atoms with E-state index in [9.17, 15) is 4.79 Å². The standard InChI is InChI=1S/C20H34N4O4.HI/c1-6-27-13-9-12-21-20(23-15-19(25)24(3)4)22-14-16(2)28-18-11-8-7-10-17(18)26-5;/h7-8,10-11,16H,6,9,12-15H2,1-5H3,(H2,21,22,23);1H. The normalized spacial score (nSPS) is 11.8. The van der Waals surface area contributed by atoms with Gasteiger partial charge in [-0.05, 0) is 32.4 Å². The molecule has 0 radical (unpaired) electrons. The summed E-state index contributed by atoms with van der Waals surface area (Å²) in [5.74, 6) is 1.88. The molecular formula is C20H35IN4O4. The van der Waals surface area contributed by atoms with Gasteiger partial charge in [-0.1, -0.05) is 12.1 Å². The topological polar surface area (TPSA) is 84.4 Å². The quantitative estimate of drug-likeness (QED) is 0.190. The first-order valence-corrected chi connectivity index (χ1v) is 9.57. The van der Waals surface area contributed by atoms with Crippen LogP contribution >= 0.6 is 24.0 Å². The summed E-state index contributed by atoms with van der Waals surface area (Å²) < 4.78 is 16.6. The highest BCUT2D eigenvalue weighted by Crippen LogP contribution is 2.26. The van der Waals surface area contributed by atoms with Crippen LogP contribution in [0.3, 0.4) is 0 Å². The average molecular weight is 522 g/mol. The number of hydrogen-bond acceptors (Lipinski definition) is 5. The van der Waals surface area contributed by atoms with E-state index >= 15 is 0 Å². The van der Waals surface area contributed by atoms with Crippen LogP contribution in [0.4, 0.5) is 0 Å². The van der Waals surface area contributed by atoms with Crippen LogP contribution < -0.4 is 20.1 Å². The summed E-state index contributed by atoms with van der Waals surface area (Å²) in [4.78, 5) is 17.7. The zero-order valence-corrected chi connectivity index (χ0v) is 20.4. The number of nitrogens with one attached hydrogen (secondary N) is 2. The van der Waals surface area contributed by atoms with E-state index in [1.54, 1.807) is 21.2 Å². The van der Waals surface area contributed by atoms with Gasteiger partial charge in [-0.2, -0.15) is 0 Å². The van der Waals surface area contributed by atoms with E-state index in [1.165, 1.54) is 4.90 Å². The zero-order chi connectivity index (χ0) is 20.8. The number of likely N-dealkylation sites (N-methyl/N-ethyl adjacent to an activating group) is 1. The van der Waals surface area contributed by atoms with Gasteiger partial charge in [-0.15, -0.1) is 24.0 Å². The molecule has 0 aliphatic carbocycles. The second-order valence-electron chi connectivity index (χ2n) is 6.39. The Labute approximate surface area is 191 Å². The van der Waals surface area contributed by atoms with E-state index in [0.717, 1.165) is 6.42 Å². The second kappa shape index (κ2) is 16.1. The van der Waals surface area contributed by atoms with Gasteiger partial charge in [0.2, 0.25) is 5.91 Å². The van der Waals surface area contributed by atoms with Crippen LogP contribution in [-0.2, 0) is 9.53 Å². The minimum Gasteiger partial charge on any atom is -0.493 e. The molecule has 0 aromatic heterocycles. The lowest BCUT2D eigenvalue weighted by Crippen LogP contribution is -2.43. The smallest absolute Gasteiger partial charge is 0.243 e. The maximum Gasteiger partial charge on any atom is 0.243 e. The largest absolute Gasteiger partial charge is 0.493 e. The van der Waals surface area contributed by atoms with Crippen molar-refractivity contribution in [1.29, 1.82) is 0 Å². The van der Waals surface area contributed by atoms with Crippen LogP contribution in [-0.4, -0.2) is 76.9 Å². The summed E-state index contributed by atoms with van der Waals surface area (Å²) >= 11 is 0. The minimum atomic E-state index is -0.128. The number of rotatable bonds is 12. The molecule has 2 N–H and O–H groups in total. The third-order valence-electron chi connectivity index (χ3n) is 3.79. The van der Waals surface area contributed by atoms with Gasteiger partial charge in [0.15, 0.2) is 17.5 Å². The van der Waals surface area contributed by atoms with Gasteiger partial charge in [0, 0.05) is 33.9 Å². The van der Waals surface area contributed by atoms with Gasteiger partial charge in [-0.25, -0.2) is 4.99 Å². The number of halogens is 1. The molecule has 166 valence electrons. The third-order valence-corrected chi connectivity index (χ3v) is 3.79. The molecule has 29 heavy (non-hydrogen) atoms. The maximum atomic E-state index is 11.8. The van der Waals surface area contributed by atoms with Crippen molar-refractivity contribution in [2.75, 3.05) is 54.1 Å². The number of ether oxygens (including phenoxy) is 3. The lowest BCUT2D eigenvalue weighted by Gasteiger charge is -2.19. The van der Waals surface area contributed by atoms with Crippen molar-refractivity contribution in [3.8, 4) is 11.5 Å². The lowest BCUT2D eigenvalue weighted by molar-refractivity contribution is -0.127. The van der Waals surface area contributed by atoms with Gasteiger partial charge < -0.3 is 29.7 Å². The fourth-order valence-electron chi connectivity index (χ4n) is 2.20. The highest BCUT2D eigenvalue weighted by atomic mass is 127. The van der Waals surface area contributed by atoms with E-state index in [4.69, 9.17) is 14.2 Å². The summed E-state index contributed by atoms with van der Waals surface area (Å²) in [6, 6.07) is 7.52. The zero-order valence-electron chi connectivity index (χ0n) is 18.1. The SMILES string of the molecule is CCOCCCNC(=NCC(=O)N(C)C)NCC(C)Oc1ccccc1OC.I. The number of guanidine groups is 1. The molecule has 1 atom stereocenters. The first-order valence-electron chi connectivity index (χ1n) is 9.57. The number of amides is 1. The Balaban J connectivity index is 0.00000784. The molecule has 0 bridgehead atoms. The fourth-order valence-corrected chi connectivity index (χ4v) is 2.20. The number of hydrogen-bond donors (Lipinski definition) is 2. The molecule has 0 saturated heterocycles. The number of aliphatic imine (C=N–C) groups is 1. The van der Waals surface area contributed by atoms with Crippen LogP contribution in [0.25, 0.3) is 0 Å². The second-order valence-corrected chi connectivity index (χ2v) is 6.39. The highest BCUT2D eigenvalue weighted by molar-refractivity contribution is 14.0. The predicted octanol–water partition coefficient (Wildman–Crippen LogP) is 2.13. The molecule has 1 unspecified atom stereocenters. The molecule has 8 nitrogen and oxygen atoms in total. The number of benzene rings is 1. The summed E-state index contributed by atoms with van der Waals surface area (Å²) in [7, 11) is 5.04. The molecule has 0 spiro atoms. The highest BCUT2D eigenvalue weighted by Gasteiger charge is 2.10. The molecule has 0 heterocycles. The third kappa shape index (κ3) is 11.7. The first-order chi connectivity index (χ1) is 13.5. The van der Waals surface area contributed by atoms with Gasteiger partial charge >= 0.3 is 0 Å². The number of carbonyl (C=O) groups excluding carboxylic acids is 1. The Morgan fingerprint density at radius 3 is 2.52 bits per heavy atom. The van der Waals surface area contributed by atoms with Gasteiger partial charge in [0.05, 0.1) is 13.7 Å². The number of nitrogens with zero attached hydrogens (tertiary/aromatic N) is 2. The predicted molar refractivity (Wildman–Crippen MR) is 127 cm³/mol. The molecule has 1 amide bonds. The summed E-state index contributed by atoms with van der Waals surface area (Å²) in [6.07, 6.45) is 0.722. The Kier molecular flexibility index (Phi) is 15.1. The summed E-state index contributed by atoms with van der Waals surface area (Å²) in [6.45, 7) is 6.61. The lowest BCUT2D eigenvalue weighted by atomic mass is 10.3. The monoisotopic (exact) mass is 522 g/mol. The molecule has 0 aliphatic heterocycles. The van der Waals surface area contributed by atoms with Gasteiger partial charge in [0.25, 0.3) is 0 Å². The Morgan fingerprint density at radius 1 is 1.21 bits per heavy atom. The van der Waals surface area contributed by atoms with Crippen molar-refractivity contribution >= 4 is 35.8 Å². The van der Waals surface area contributed by atoms with Crippen LogP contribution in [0.15, 0.2) is 29.3 Å². The molecule has 9 heteroatoms. The van der Waals surface area contributed by atoms with E-state index < -0.39 is 0 Å². The van der Waals surface area contributed by atoms with Gasteiger partial charge in [0.1, 0.15) is 12.6 Å². The molecule has 0 saturated carbocycles. The molecular weight excluding hydrogens is 487 g/mol. The molecule has 0 fully saturated rings. The minimum absolute atomic E-state index is 0. The van der Waals surface area contributed by atoms with Crippen molar-refractivity contribution in [2.24, 2.45) is 4.99 Å². The van der Waals surface area contributed by atoms with E-state index in [-0.39, 0.29) is 42.5 Å². The molecule has 1 aromatic carbocycles. The van der Waals surface area contributed by atoms with Crippen LogP contribution in [0, 0.1) is 0 Å². The van der Waals surface area contributed by atoms with Crippen molar-refractivity contribution < 1.29 is 19.0 Å². The first kappa shape index (κ1) is 27.2. The van der Waals surface area contributed by atoms with E-state index in [2.05, 4.69) is 15.6 Å². The Hall–Kier alpha value is -1.75. The van der Waals surface area contributed by atoms with Crippen LogP contribution in [0.1, 0.15) is 20.3 Å².